The topological polar surface area (TPSA) is 93.2 Å². The van der Waals surface area contributed by atoms with Gasteiger partial charge in [-0.3, -0.25) is 9.59 Å². The van der Waals surface area contributed by atoms with Gasteiger partial charge in [0.15, 0.2) is 20.1 Å². The van der Waals surface area contributed by atoms with E-state index in [9.17, 15) is 22.4 Å². The monoisotopic (exact) mass is 436 g/mol. The third-order valence-corrected chi connectivity index (χ3v) is 8.49. The van der Waals surface area contributed by atoms with E-state index in [0.717, 1.165) is 24.0 Å². The SMILES string of the molecule is O=C1CCC(C[C@@H](C(=O)Nc2ncc(F)s2)c2ccc(S(=O)(=O)C3CC3)cc2)C1. The summed E-state index contributed by atoms with van der Waals surface area (Å²) in [5, 5.41) is 2.03. The highest BCUT2D eigenvalue weighted by Gasteiger charge is 2.37. The van der Waals surface area contributed by atoms with E-state index in [1.165, 1.54) is 0 Å². The number of nitrogens with one attached hydrogen (secondary N) is 1. The van der Waals surface area contributed by atoms with Crippen LogP contribution in [0.15, 0.2) is 35.4 Å². The fourth-order valence-corrected chi connectivity index (χ4v) is 5.99. The maximum atomic E-state index is 13.2. The normalized spacial score (nSPS) is 20.6. The molecule has 0 bridgehead atoms. The molecular weight excluding hydrogens is 415 g/mol. The summed E-state index contributed by atoms with van der Waals surface area (Å²) in [5.41, 5.74) is 0.675. The van der Waals surface area contributed by atoms with Crippen LogP contribution in [0.25, 0.3) is 0 Å². The van der Waals surface area contributed by atoms with Crippen molar-refractivity contribution < 1.29 is 22.4 Å². The quantitative estimate of drug-likeness (QED) is 0.714. The van der Waals surface area contributed by atoms with Crippen molar-refractivity contribution in [3.63, 3.8) is 0 Å². The molecule has 2 aromatic rings. The molecule has 2 saturated carbocycles. The molecule has 0 aliphatic heterocycles. The molecule has 0 saturated heterocycles. The van der Waals surface area contributed by atoms with Gasteiger partial charge in [0.25, 0.3) is 0 Å². The minimum atomic E-state index is -3.30. The van der Waals surface area contributed by atoms with E-state index in [4.69, 9.17) is 0 Å². The first-order valence-electron chi connectivity index (χ1n) is 9.60. The van der Waals surface area contributed by atoms with Gasteiger partial charge in [0.1, 0.15) is 5.78 Å². The molecule has 1 heterocycles. The van der Waals surface area contributed by atoms with Crippen LogP contribution >= 0.6 is 11.3 Å². The summed E-state index contributed by atoms with van der Waals surface area (Å²) in [4.78, 5) is 28.7. The summed E-state index contributed by atoms with van der Waals surface area (Å²) in [6, 6.07) is 6.43. The van der Waals surface area contributed by atoms with E-state index in [2.05, 4.69) is 10.3 Å². The molecule has 2 aliphatic carbocycles. The highest BCUT2D eigenvalue weighted by Crippen LogP contribution is 2.36. The van der Waals surface area contributed by atoms with Gasteiger partial charge in [-0.2, -0.15) is 4.39 Å². The second-order valence-corrected chi connectivity index (χ2v) is 10.9. The number of amides is 1. The van der Waals surface area contributed by atoms with Crippen molar-refractivity contribution in [3.8, 4) is 0 Å². The zero-order chi connectivity index (χ0) is 20.6. The van der Waals surface area contributed by atoms with Crippen molar-refractivity contribution in [2.45, 2.75) is 54.6 Å². The van der Waals surface area contributed by atoms with Crippen LogP contribution in [0.2, 0.25) is 0 Å². The number of aromatic nitrogens is 1. The van der Waals surface area contributed by atoms with Gasteiger partial charge < -0.3 is 5.32 Å². The average molecular weight is 437 g/mol. The minimum absolute atomic E-state index is 0.0983. The minimum Gasteiger partial charge on any atom is -0.301 e. The Kier molecular flexibility index (Phi) is 5.52. The standard InChI is InChI=1S/C20H21FN2O4S2/c21-18-11-22-20(28-18)23-19(25)17(10-12-1-4-14(24)9-12)13-2-5-15(6-3-13)29(26,27)16-7-8-16/h2-3,5-6,11-12,16-17H,1,4,7-10H2,(H,22,23,25)/t12?,17-/m1/s1. The van der Waals surface area contributed by atoms with Crippen LogP contribution in [0.1, 0.15) is 50.0 Å². The number of hydrogen-bond donors (Lipinski definition) is 1. The Labute approximate surface area is 172 Å². The van der Waals surface area contributed by atoms with Crippen molar-refractivity contribution in [1.29, 1.82) is 0 Å². The molecule has 1 aromatic heterocycles. The maximum Gasteiger partial charge on any atom is 0.233 e. The first-order valence-corrected chi connectivity index (χ1v) is 12.0. The predicted molar refractivity (Wildman–Crippen MR) is 107 cm³/mol. The second-order valence-electron chi connectivity index (χ2n) is 7.71. The van der Waals surface area contributed by atoms with Crippen LogP contribution in [0.5, 0.6) is 0 Å². The molecule has 4 rings (SSSR count). The van der Waals surface area contributed by atoms with E-state index >= 15 is 0 Å². The number of ketones is 1. The Balaban J connectivity index is 1.56. The van der Waals surface area contributed by atoms with E-state index in [1.807, 2.05) is 0 Å². The number of anilines is 1. The molecule has 2 aliphatic rings. The molecule has 1 unspecified atom stereocenters. The summed E-state index contributed by atoms with van der Waals surface area (Å²) < 4.78 is 38.0. The lowest BCUT2D eigenvalue weighted by atomic mass is 9.87. The molecule has 0 spiro atoms. The number of rotatable bonds is 7. The Hall–Kier alpha value is -2.13. The first kappa shape index (κ1) is 20.2. The third-order valence-electron chi connectivity index (χ3n) is 5.52. The molecular formula is C20H21FN2O4S2. The van der Waals surface area contributed by atoms with E-state index < -0.39 is 20.9 Å². The average Bonchev–Trinajstić information content (AvgIpc) is 3.37. The van der Waals surface area contributed by atoms with Crippen LogP contribution in [0.3, 0.4) is 0 Å². The van der Waals surface area contributed by atoms with Gasteiger partial charge in [-0.1, -0.05) is 23.5 Å². The summed E-state index contributed by atoms with van der Waals surface area (Å²) in [6.45, 7) is 0. The van der Waals surface area contributed by atoms with Gasteiger partial charge in [-0.25, -0.2) is 13.4 Å². The van der Waals surface area contributed by atoms with Crippen molar-refractivity contribution in [2.24, 2.45) is 5.92 Å². The lowest BCUT2D eigenvalue weighted by Crippen LogP contribution is -2.23. The lowest BCUT2D eigenvalue weighted by Gasteiger charge is -2.20. The Morgan fingerprint density at radius 1 is 1.24 bits per heavy atom. The lowest BCUT2D eigenvalue weighted by molar-refractivity contribution is -0.119. The van der Waals surface area contributed by atoms with E-state index in [-0.39, 0.29) is 32.9 Å². The predicted octanol–water partition coefficient (Wildman–Crippen LogP) is 3.70. The Morgan fingerprint density at radius 2 is 1.97 bits per heavy atom. The van der Waals surface area contributed by atoms with E-state index in [0.29, 0.717) is 37.7 Å². The molecule has 2 fully saturated rings. The highest BCUT2D eigenvalue weighted by atomic mass is 32.2. The summed E-state index contributed by atoms with van der Waals surface area (Å²) in [7, 11) is -3.30. The van der Waals surface area contributed by atoms with Crippen LogP contribution < -0.4 is 5.32 Å². The van der Waals surface area contributed by atoms with Crippen molar-refractivity contribution in [3.05, 3.63) is 41.2 Å². The van der Waals surface area contributed by atoms with Gasteiger partial charge in [0.05, 0.1) is 22.3 Å². The molecule has 6 nitrogen and oxygen atoms in total. The van der Waals surface area contributed by atoms with Crippen molar-refractivity contribution in [1.82, 2.24) is 4.98 Å². The first-order chi connectivity index (χ1) is 13.8. The largest absolute Gasteiger partial charge is 0.301 e. The number of nitrogens with zero attached hydrogens (tertiary/aromatic N) is 1. The second kappa shape index (κ2) is 7.95. The Bertz CT molecular complexity index is 1030. The Morgan fingerprint density at radius 3 is 2.52 bits per heavy atom. The van der Waals surface area contributed by atoms with Gasteiger partial charge >= 0.3 is 0 Å². The summed E-state index contributed by atoms with van der Waals surface area (Å²) in [5.74, 6) is -0.616. The molecule has 29 heavy (non-hydrogen) atoms. The number of carbonyl (C=O) groups excluding carboxylic acids is 2. The molecule has 9 heteroatoms. The van der Waals surface area contributed by atoms with Gasteiger partial charge in [0.2, 0.25) is 5.91 Å². The molecule has 154 valence electrons. The molecule has 1 amide bonds. The van der Waals surface area contributed by atoms with Crippen molar-refractivity contribution >= 4 is 38.0 Å². The number of sulfone groups is 1. The highest BCUT2D eigenvalue weighted by molar-refractivity contribution is 7.92. The fraction of sp³-hybridized carbons (Fsp3) is 0.450. The number of Topliss-reactive ketones (excluding diaryl/α,β-unsaturated/α-hetero) is 1. The van der Waals surface area contributed by atoms with Crippen LogP contribution in [0, 0.1) is 11.0 Å². The van der Waals surface area contributed by atoms with Crippen LogP contribution in [-0.2, 0) is 19.4 Å². The number of carbonyl (C=O) groups is 2. The molecule has 1 N–H and O–H groups in total. The number of benzene rings is 1. The van der Waals surface area contributed by atoms with Crippen molar-refractivity contribution in [2.75, 3.05) is 5.32 Å². The summed E-state index contributed by atoms with van der Waals surface area (Å²) in [6.07, 6.45) is 4.61. The third kappa shape index (κ3) is 4.56. The zero-order valence-corrected chi connectivity index (χ0v) is 17.3. The van der Waals surface area contributed by atoms with Crippen LogP contribution in [0.4, 0.5) is 9.52 Å². The zero-order valence-electron chi connectivity index (χ0n) is 15.6. The maximum absolute atomic E-state index is 13.2. The van der Waals surface area contributed by atoms with Gasteiger partial charge in [-0.05, 0) is 49.3 Å². The van der Waals surface area contributed by atoms with Gasteiger partial charge in [0, 0.05) is 12.8 Å². The number of halogens is 1. The molecule has 2 atom stereocenters. The molecule has 1 aromatic carbocycles. The fourth-order valence-electron chi connectivity index (χ4n) is 3.79. The van der Waals surface area contributed by atoms with E-state index in [1.54, 1.807) is 24.3 Å². The number of thiazole rings is 1. The molecule has 0 radical (unpaired) electrons. The number of hydrogen-bond acceptors (Lipinski definition) is 6. The summed E-state index contributed by atoms with van der Waals surface area (Å²) >= 11 is 0.745. The smallest absolute Gasteiger partial charge is 0.233 e. The van der Waals surface area contributed by atoms with Gasteiger partial charge in [-0.15, -0.1) is 0 Å². The van der Waals surface area contributed by atoms with Crippen LogP contribution in [-0.4, -0.2) is 30.3 Å².